The summed E-state index contributed by atoms with van der Waals surface area (Å²) in [5.74, 6) is 0.984. The molecule has 2 aliphatic rings. The lowest BCUT2D eigenvalue weighted by molar-refractivity contribution is -0.145. The van der Waals surface area contributed by atoms with E-state index in [-0.39, 0.29) is 18.8 Å². The highest BCUT2D eigenvalue weighted by atomic mass is 79.9. The SMILES string of the molecule is CCOC(=O)[C@@H]1C[C@](C)(C#N)[C@H](c2cc3c(cc2Br)OCO3)N1. The van der Waals surface area contributed by atoms with Crippen LogP contribution in [0.5, 0.6) is 11.5 Å². The van der Waals surface area contributed by atoms with Crippen LogP contribution in [0, 0.1) is 16.7 Å². The highest BCUT2D eigenvalue weighted by molar-refractivity contribution is 9.10. The fourth-order valence-corrected chi connectivity index (χ4v) is 3.63. The minimum atomic E-state index is -0.729. The second kappa shape index (κ2) is 6.02. The Morgan fingerprint density at radius 2 is 2.22 bits per heavy atom. The molecule has 0 aromatic heterocycles. The van der Waals surface area contributed by atoms with Crippen molar-refractivity contribution in [2.24, 2.45) is 5.41 Å². The molecular weight excluding hydrogens is 364 g/mol. The van der Waals surface area contributed by atoms with Gasteiger partial charge in [0.05, 0.1) is 24.1 Å². The van der Waals surface area contributed by atoms with Gasteiger partial charge in [0.25, 0.3) is 0 Å². The van der Waals surface area contributed by atoms with Crippen molar-refractivity contribution in [1.29, 1.82) is 5.26 Å². The topological polar surface area (TPSA) is 80.6 Å². The number of carbonyl (C=O) groups excluding carboxylic acids is 1. The molecule has 1 saturated heterocycles. The number of ether oxygens (including phenoxy) is 3. The van der Waals surface area contributed by atoms with Gasteiger partial charge in [-0.3, -0.25) is 10.1 Å². The number of rotatable bonds is 3. The van der Waals surface area contributed by atoms with E-state index in [2.05, 4.69) is 27.3 Å². The van der Waals surface area contributed by atoms with Gasteiger partial charge in [0.15, 0.2) is 11.5 Å². The molecule has 0 saturated carbocycles. The summed E-state index contributed by atoms with van der Waals surface area (Å²) in [6.07, 6.45) is 0.397. The summed E-state index contributed by atoms with van der Waals surface area (Å²) in [6, 6.07) is 5.22. The van der Waals surface area contributed by atoms with Gasteiger partial charge in [-0.25, -0.2) is 0 Å². The highest BCUT2D eigenvalue weighted by Gasteiger charge is 2.48. The Hall–Kier alpha value is -1.78. The van der Waals surface area contributed by atoms with Gasteiger partial charge in [-0.15, -0.1) is 0 Å². The number of nitriles is 1. The van der Waals surface area contributed by atoms with Crippen LogP contribution in [-0.4, -0.2) is 25.4 Å². The zero-order valence-electron chi connectivity index (χ0n) is 12.9. The smallest absolute Gasteiger partial charge is 0.323 e. The van der Waals surface area contributed by atoms with Crippen molar-refractivity contribution in [3.8, 4) is 17.6 Å². The zero-order chi connectivity index (χ0) is 16.6. The van der Waals surface area contributed by atoms with Crippen LogP contribution in [0.15, 0.2) is 16.6 Å². The largest absolute Gasteiger partial charge is 0.465 e. The predicted octanol–water partition coefficient (Wildman–Crippen LogP) is 2.67. The minimum Gasteiger partial charge on any atom is -0.465 e. The molecule has 0 amide bonds. The van der Waals surface area contributed by atoms with Crippen molar-refractivity contribution in [3.63, 3.8) is 0 Å². The maximum atomic E-state index is 12.0. The van der Waals surface area contributed by atoms with E-state index in [0.717, 1.165) is 10.0 Å². The van der Waals surface area contributed by atoms with Crippen molar-refractivity contribution >= 4 is 21.9 Å². The van der Waals surface area contributed by atoms with Crippen molar-refractivity contribution < 1.29 is 19.0 Å². The molecule has 7 heteroatoms. The van der Waals surface area contributed by atoms with E-state index < -0.39 is 11.5 Å². The lowest BCUT2D eigenvalue weighted by atomic mass is 9.80. The molecule has 23 heavy (non-hydrogen) atoms. The van der Waals surface area contributed by atoms with E-state index in [0.29, 0.717) is 24.5 Å². The Labute approximate surface area is 142 Å². The quantitative estimate of drug-likeness (QED) is 0.811. The maximum absolute atomic E-state index is 12.0. The summed E-state index contributed by atoms with van der Waals surface area (Å²) in [7, 11) is 0. The molecule has 0 bridgehead atoms. The molecule has 2 aliphatic heterocycles. The average Bonchev–Trinajstić information content (AvgIpc) is 3.11. The van der Waals surface area contributed by atoms with Gasteiger partial charge >= 0.3 is 5.97 Å². The summed E-state index contributed by atoms with van der Waals surface area (Å²) in [6.45, 7) is 4.12. The van der Waals surface area contributed by atoms with Crippen molar-refractivity contribution in [2.45, 2.75) is 32.4 Å². The first kappa shape index (κ1) is 16.1. The summed E-state index contributed by atoms with van der Waals surface area (Å²) in [4.78, 5) is 12.0. The lowest BCUT2D eigenvalue weighted by Crippen LogP contribution is -2.34. The molecule has 0 unspecified atom stereocenters. The summed E-state index contributed by atoms with van der Waals surface area (Å²) < 4.78 is 16.7. The summed E-state index contributed by atoms with van der Waals surface area (Å²) in [5.41, 5.74) is 0.137. The van der Waals surface area contributed by atoms with Gasteiger partial charge in [-0.05, 0) is 38.0 Å². The number of carbonyl (C=O) groups is 1. The maximum Gasteiger partial charge on any atom is 0.323 e. The van der Waals surface area contributed by atoms with E-state index in [1.54, 1.807) is 6.92 Å². The van der Waals surface area contributed by atoms with Gasteiger partial charge in [0, 0.05) is 4.47 Å². The number of benzene rings is 1. The number of nitrogens with zero attached hydrogens (tertiary/aromatic N) is 1. The van der Waals surface area contributed by atoms with Crippen molar-refractivity contribution in [2.75, 3.05) is 13.4 Å². The van der Waals surface area contributed by atoms with Crippen LogP contribution in [0.25, 0.3) is 0 Å². The first-order valence-electron chi connectivity index (χ1n) is 7.41. The lowest BCUT2D eigenvalue weighted by Gasteiger charge is -2.25. The van der Waals surface area contributed by atoms with Gasteiger partial charge in [0.2, 0.25) is 6.79 Å². The molecule has 1 fully saturated rings. The average molecular weight is 381 g/mol. The number of esters is 1. The van der Waals surface area contributed by atoms with Crippen LogP contribution in [0.1, 0.15) is 31.9 Å². The number of nitrogens with one attached hydrogen (secondary N) is 1. The van der Waals surface area contributed by atoms with E-state index in [4.69, 9.17) is 14.2 Å². The highest BCUT2D eigenvalue weighted by Crippen LogP contribution is 2.48. The van der Waals surface area contributed by atoms with Crippen molar-refractivity contribution in [3.05, 3.63) is 22.2 Å². The fourth-order valence-electron chi connectivity index (χ4n) is 3.08. The Morgan fingerprint density at radius 1 is 1.52 bits per heavy atom. The Bertz CT molecular complexity index is 687. The summed E-state index contributed by atoms with van der Waals surface area (Å²) >= 11 is 3.53. The standard InChI is InChI=1S/C16H17BrN2O4/c1-3-21-15(20)11-6-16(2,7-18)14(19-11)9-4-12-13(5-10(9)17)23-8-22-12/h4-5,11,14,19H,3,6,8H2,1-2H3/t11-,14-,16+/m0/s1. The van der Waals surface area contributed by atoms with Gasteiger partial charge < -0.3 is 14.2 Å². The van der Waals surface area contributed by atoms with Crippen LogP contribution in [-0.2, 0) is 9.53 Å². The number of hydrogen-bond donors (Lipinski definition) is 1. The monoisotopic (exact) mass is 380 g/mol. The third-order valence-corrected chi connectivity index (χ3v) is 4.95. The van der Waals surface area contributed by atoms with Crippen LogP contribution in [0.3, 0.4) is 0 Å². The minimum absolute atomic E-state index is 0.185. The third kappa shape index (κ3) is 2.77. The number of fused-ring (bicyclic) bond motifs is 1. The zero-order valence-corrected chi connectivity index (χ0v) is 14.5. The third-order valence-electron chi connectivity index (χ3n) is 4.26. The molecule has 0 radical (unpaired) electrons. The molecule has 1 aromatic rings. The van der Waals surface area contributed by atoms with Crippen LogP contribution >= 0.6 is 15.9 Å². The fraction of sp³-hybridized carbons (Fsp3) is 0.500. The first-order valence-corrected chi connectivity index (χ1v) is 8.21. The number of hydrogen-bond acceptors (Lipinski definition) is 6. The Kier molecular flexibility index (Phi) is 4.21. The molecule has 0 spiro atoms. The normalized spacial score (nSPS) is 28.4. The Morgan fingerprint density at radius 3 is 2.87 bits per heavy atom. The summed E-state index contributed by atoms with van der Waals surface area (Å²) in [5, 5.41) is 12.9. The van der Waals surface area contributed by atoms with Crippen LogP contribution < -0.4 is 14.8 Å². The van der Waals surface area contributed by atoms with Crippen LogP contribution in [0.2, 0.25) is 0 Å². The molecule has 2 heterocycles. The molecular formula is C16H17BrN2O4. The van der Waals surface area contributed by atoms with Gasteiger partial charge in [-0.1, -0.05) is 15.9 Å². The molecule has 1 N–H and O–H groups in total. The van der Waals surface area contributed by atoms with E-state index in [9.17, 15) is 10.1 Å². The second-order valence-corrected chi connectivity index (χ2v) is 6.72. The van der Waals surface area contributed by atoms with Crippen molar-refractivity contribution in [1.82, 2.24) is 5.32 Å². The van der Waals surface area contributed by atoms with Gasteiger partial charge in [-0.2, -0.15) is 5.26 Å². The van der Waals surface area contributed by atoms with E-state index >= 15 is 0 Å². The molecule has 6 nitrogen and oxygen atoms in total. The predicted molar refractivity (Wildman–Crippen MR) is 84.9 cm³/mol. The molecule has 0 aliphatic carbocycles. The van der Waals surface area contributed by atoms with Gasteiger partial charge in [0.1, 0.15) is 6.04 Å². The Balaban J connectivity index is 1.95. The molecule has 3 atom stereocenters. The molecule has 1 aromatic carbocycles. The second-order valence-electron chi connectivity index (χ2n) is 5.86. The van der Waals surface area contributed by atoms with E-state index in [1.165, 1.54) is 0 Å². The number of halogens is 1. The molecule has 122 valence electrons. The molecule has 3 rings (SSSR count). The van der Waals surface area contributed by atoms with E-state index in [1.807, 2.05) is 19.1 Å². The first-order chi connectivity index (χ1) is 11.0. The van der Waals surface area contributed by atoms with Crippen LogP contribution in [0.4, 0.5) is 0 Å².